The van der Waals surface area contributed by atoms with E-state index < -0.39 is 0 Å². The average Bonchev–Trinajstić information content (AvgIpc) is 2.75. The predicted octanol–water partition coefficient (Wildman–Crippen LogP) is 4.04. The molecule has 1 nitrogen and oxygen atoms in total. The Balaban J connectivity index is 2.02. The van der Waals surface area contributed by atoms with Crippen LogP contribution in [-0.4, -0.2) is 24.5 Å². The van der Waals surface area contributed by atoms with Crippen LogP contribution in [0.1, 0.15) is 56.2 Å². The van der Waals surface area contributed by atoms with Gasteiger partial charge in [-0.15, -0.1) is 0 Å². The van der Waals surface area contributed by atoms with E-state index in [1.165, 1.54) is 18.5 Å². The molecule has 1 saturated heterocycles. The van der Waals surface area contributed by atoms with Crippen LogP contribution in [0, 0.1) is 11.8 Å². The van der Waals surface area contributed by atoms with Crippen molar-refractivity contribution in [2.75, 3.05) is 13.6 Å². The van der Waals surface area contributed by atoms with E-state index >= 15 is 0 Å². The second kappa shape index (κ2) is 4.63. The first-order valence-electron chi connectivity index (χ1n) is 7.82. The minimum atomic E-state index is 0.637. The largest absolute Gasteiger partial charge is 0.303 e. The molecule has 2 aliphatic rings. The van der Waals surface area contributed by atoms with Crippen LogP contribution in [0.15, 0.2) is 18.2 Å². The molecule has 1 aliphatic carbocycles. The van der Waals surface area contributed by atoms with E-state index in [2.05, 4.69) is 57.8 Å². The number of likely N-dealkylation sites (tertiary alicyclic amines) is 1. The monoisotopic (exact) mass is 257 g/mol. The van der Waals surface area contributed by atoms with E-state index in [1.807, 2.05) is 0 Å². The van der Waals surface area contributed by atoms with E-state index in [4.69, 9.17) is 0 Å². The molecule has 104 valence electrons. The molecule has 0 amide bonds. The van der Waals surface area contributed by atoms with Gasteiger partial charge in [0.15, 0.2) is 0 Å². The van der Waals surface area contributed by atoms with Gasteiger partial charge in [0.05, 0.1) is 0 Å². The zero-order valence-corrected chi connectivity index (χ0v) is 13.0. The molecule has 4 atom stereocenters. The Morgan fingerprint density at radius 3 is 2.63 bits per heavy atom. The van der Waals surface area contributed by atoms with Crippen LogP contribution in [0.25, 0.3) is 0 Å². The highest BCUT2D eigenvalue weighted by Crippen LogP contribution is 2.48. The van der Waals surface area contributed by atoms with Crippen molar-refractivity contribution in [2.24, 2.45) is 11.8 Å². The molecule has 3 rings (SSSR count). The smallest absolute Gasteiger partial charge is 0.0136 e. The standard InChI is InChI=1S/C18H27N/c1-11(2)14-6-7-15-9-16-12(3)10-19(5)13(4)18(16)17(15)8-14/h6-8,11-13,16,18H,9-10H2,1-5H3. The fourth-order valence-electron chi connectivity index (χ4n) is 4.28. The maximum atomic E-state index is 2.56. The summed E-state index contributed by atoms with van der Waals surface area (Å²) in [4.78, 5) is 2.56. The quantitative estimate of drug-likeness (QED) is 0.734. The Kier molecular flexibility index (Phi) is 3.21. The fourth-order valence-corrected chi connectivity index (χ4v) is 4.28. The number of nitrogens with zero attached hydrogens (tertiary/aromatic N) is 1. The molecule has 1 heteroatoms. The minimum Gasteiger partial charge on any atom is -0.303 e. The maximum Gasteiger partial charge on any atom is 0.0136 e. The Morgan fingerprint density at radius 2 is 1.95 bits per heavy atom. The molecule has 0 spiro atoms. The van der Waals surface area contributed by atoms with Gasteiger partial charge in [0.1, 0.15) is 0 Å². The highest BCUT2D eigenvalue weighted by atomic mass is 15.1. The molecule has 0 radical (unpaired) electrons. The van der Waals surface area contributed by atoms with Crippen molar-refractivity contribution in [3.63, 3.8) is 0 Å². The van der Waals surface area contributed by atoms with Crippen molar-refractivity contribution in [2.45, 2.75) is 52.0 Å². The van der Waals surface area contributed by atoms with Gasteiger partial charge >= 0.3 is 0 Å². The molecular formula is C18H27N. The Labute approximate surface area is 118 Å². The van der Waals surface area contributed by atoms with Gasteiger partial charge in [0.2, 0.25) is 0 Å². The molecule has 1 fully saturated rings. The lowest BCUT2D eigenvalue weighted by molar-refractivity contribution is 0.0857. The summed E-state index contributed by atoms with van der Waals surface area (Å²) >= 11 is 0. The van der Waals surface area contributed by atoms with Gasteiger partial charge in [-0.2, -0.15) is 0 Å². The Bertz CT molecular complexity index is 477. The molecule has 1 aliphatic heterocycles. The van der Waals surface area contributed by atoms with E-state index in [0.717, 1.165) is 17.8 Å². The molecule has 4 unspecified atom stereocenters. The highest BCUT2D eigenvalue weighted by molar-refractivity contribution is 5.42. The lowest BCUT2D eigenvalue weighted by Gasteiger charge is -2.43. The van der Waals surface area contributed by atoms with Crippen LogP contribution < -0.4 is 0 Å². The highest BCUT2D eigenvalue weighted by Gasteiger charge is 2.43. The number of rotatable bonds is 1. The molecule has 1 aromatic rings. The molecular weight excluding hydrogens is 230 g/mol. The van der Waals surface area contributed by atoms with Crippen molar-refractivity contribution < 1.29 is 0 Å². The SMILES string of the molecule is CC(C)c1ccc2c(c1)C1C(C2)C(C)CN(C)C1C. The number of fused-ring (bicyclic) bond motifs is 3. The van der Waals surface area contributed by atoms with Gasteiger partial charge in [0.25, 0.3) is 0 Å². The zero-order valence-electron chi connectivity index (χ0n) is 13.0. The molecule has 0 bridgehead atoms. The van der Waals surface area contributed by atoms with Gasteiger partial charge < -0.3 is 4.90 Å². The van der Waals surface area contributed by atoms with Crippen LogP contribution in [-0.2, 0) is 6.42 Å². The normalized spacial score (nSPS) is 34.4. The summed E-state index contributed by atoms with van der Waals surface area (Å²) in [6.07, 6.45) is 1.30. The van der Waals surface area contributed by atoms with E-state index in [1.54, 1.807) is 11.1 Å². The lowest BCUT2D eigenvalue weighted by atomic mass is 9.75. The van der Waals surface area contributed by atoms with Crippen LogP contribution in [0.3, 0.4) is 0 Å². The topological polar surface area (TPSA) is 3.24 Å². The van der Waals surface area contributed by atoms with E-state index in [-0.39, 0.29) is 0 Å². The average molecular weight is 257 g/mol. The van der Waals surface area contributed by atoms with Crippen molar-refractivity contribution in [3.05, 3.63) is 34.9 Å². The van der Waals surface area contributed by atoms with Crippen molar-refractivity contribution in [3.8, 4) is 0 Å². The third-order valence-electron chi connectivity index (χ3n) is 5.63. The first-order chi connectivity index (χ1) is 8.99. The number of hydrogen-bond acceptors (Lipinski definition) is 1. The Hall–Kier alpha value is -0.820. The summed E-state index contributed by atoms with van der Waals surface area (Å²) < 4.78 is 0. The van der Waals surface area contributed by atoms with Gasteiger partial charge in [-0.25, -0.2) is 0 Å². The van der Waals surface area contributed by atoms with Crippen molar-refractivity contribution in [1.82, 2.24) is 4.90 Å². The number of benzene rings is 1. The van der Waals surface area contributed by atoms with Crippen LogP contribution in [0.4, 0.5) is 0 Å². The van der Waals surface area contributed by atoms with Gasteiger partial charge in [0, 0.05) is 18.5 Å². The summed E-state index contributed by atoms with van der Waals surface area (Å²) in [7, 11) is 2.29. The Morgan fingerprint density at radius 1 is 1.21 bits per heavy atom. The van der Waals surface area contributed by atoms with Crippen molar-refractivity contribution >= 4 is 0 Å². The van der Waals surface area contributed by atoms with Gasteiger partial charge in [-0.05, 0) is 54.8 Å². The van der Waals surface area contributed by atoms with Crippen LogP contribution >= 0.6 is 0 Å². The number of hydrogen-bond donors (Lipinski definition) is 0. The number of piperidine rings is 1. The summed E-state index contributed by atoms with van der Waals surface area (Å²) in [6, 6.07) is 7.94. The summed E-state index contributed by atoms with van der Waals surface area (Å²) in [6.45, 7) is 10.7. The van der Waals surface area contributed by atoms with E-state index in [9.17, 15) is 0 Å². The first kappa shape index (κ1) is 13.2. The second-order valence-corrected chi connectivity index (χ2v) is 7.16. The van der Waals surface area contributed by atoms with Crippen LogP contribution in [0.5, 0.6) is 0 Å². The molecule has 1 heterocycles. The van der Waals surface area contributed by atoms with Crippen molar-refractivity contribution in [1.29, 1.82) is 0 Å². The minimum absolute atomic E-state index is 0.637. The number of likely N-dealkylation sites (N-methyl/N-ethyl adjacent to an activating group) is 1. The lowest BCUT2D eigenvalue weighted by Crippen LogP contribution is -2.46. The predicted molar refractivity (Wildman–Crippen MR) is 81.7 cm³/mol. The molecule has 0 saturated carbocycles. The molecule has 1 aromatic carbocycles. The maximum absolute atomic E-state index is 2.56. The summed E-state index contributed by atoms with van der Waals surface area (Å²) in [5.74, 6) is 3.07. The van der Waals surface area contributed by atoms with Gasteiger partial charge in [-0.3, -0.25) is 0 Å². The third-order valence-corrected chi connectivity index (χ3v) is 5.63. The molecule has 19 heavy (non-hydrogen) atoms. The molecule has 0 aromatic heterocycles. The summed E-state index contributed by atoms with van der Waals surface area (Å²) in [5, 5.41) is 0. The first-order valence-corrected chi connectivity index (χ1v) is 7.82. The summed E-state index contributed by atoms with van der Waals surface area (Å²) in [5.41, 5.74) is 4.78. The van der Waals surface area contributed by atoms with Crippen LogP contribution in [0.2, 0.25) is 0 Å². The zero-order chi connectivity index (χ0) is 13.7. The molecule has 0 N–H and O–H groups in total. The second-order valence-electron chi connectivity index (χ2n) is 7.16. The fraction of sp³-hybridized carbons (Fsp3) is 0.667. The van der Waals surface area contributed by atoms with Gasteiger partial charge in [-0.1, -0.05) is 39.0 Å². The third kappa shape index (κ3) is 2.03. The van der Waals surface area contributed by atoms with E-state index in [0.29, 0.717) is 12.0 Å².